The molecule has 0 atom stereocenters. The zero-order chi connectivity index (χ0) is 14.0. The van der Waals surface area contributed by atoms with Crippen molar-refractivity contribution in [3.8, 4) is 22.6 Å². The van der Waals surface area contributed by atoms with E-state index in [0.29, 0.717) is 6.54 Å². The van der Waals surface area contributed by atoms with Crippen LogP contribution in [0.3, 0.4) is 0 Å². The molecule has 0 saturated heterocycles. The Morgan fingerprint density at radius 2 is 1.89 bits per heavy atom. The first-order chi connectivity index (χ1) is 9.13. The molecule has 2 N–H and O–H groups in total. The summed E-state index contributed by atoms with van der Waals surface area (Å²) in [4.78, 5) is 1.25. The minimum absolute atomic E-state index is 0.536. The van der Waals surface area contributed by atoms with Crippen LogP contribution >= 0.6 is 11.3 Å². The lowest BCUT2D eigenvalue weighted by Gasteiger charge is -2.15. The van der Waals surface area contributed by atoms with E-state index in [4.69, 9.17) is 15.2 Å². The van der Waals surface area contributed by atoms with Gasteiger partial charge in [0.2, 0.25) is 0 Å². The van der Waals surface area contributed by atoms with Crippen LogP contribution in [0.15, 0.2) is 17.5 Å². The number of methoxy groups -OCH3 is 2. The summed E-state index contributed by atoms with van der Waals surface area (Å²) in [7, 11) is 3.36. The molecule has 1 heterocycles. The Kier molecular flexibility index (Phi) is 4.12. The fraction of sp³-hybridized carbons (Fsp3) is 0.333. The van der Waals surface area contributed by atoms with Gasteiger partial charge in [-0.05, 0) is 36.9 Å². The van der Waals surface area contributed by atoms with Crippen LogP contribution in [0.5, 0.6) is 11.5 Å². The van der Waals surface area contributed by atoms with Crippen molar-refractivity contribution in [3.63, 3.8) is 0 Å². The number of ether oxygens (including phenoxy) is 2. The summed E-state index contributed by atoms with van der Waals surface area (Å²) < 4.78 is 10.9. The van der Waals surface area contributed by atoms with Crippen LogP contribution in [-0.4, -0.2) is 14.2 Å². The Balaban J connectivity index is 2.68. The van der Waals surface area contributed by atoms with Crippen molar-refractivity contribution in [2.24, 2.45) is 5.73 Å². The van der Waals surface area contributed by atoms with Crippen molar-refractivity contribution in [2.75, 3.05) is 14.2 Å². The average Bonchev–Trinajstić information content (AvgIpc) is 2.79. The molecule has 2 aromatic rings. The minimum atomic E-state index is 0.536. The van der Waals surface area contributed by atoms with Gasteiger partial charge in [-0.1, -0.05) is 0 Å². The van der Waals surface area contributed by atoms with Gasteiger partial charge < -0.3 is 15.2 Å². The number of benzene rings is 1. The zero-order valence-corrected chi connectivity index (χ0v) is 12.6. The number of nitrogens with two attached hydrogens (primary N) is 1. The van der Waals surface area contributed by atoms with Gasteiger partial charge in [0.25, 0.3) is 0 Å². The van der Waals surface area contributed by atoms with Gasteiger partial charge >= 0.3 is 0 Å². The number of hydrogen-bond acceptors (Lipinski definition) is 4. The molecule has 3 nitrogen and oxygen atoms in total. The van der Waals surface area contributed by atoms with E-state index >= 15 is 0 Å². The largest absolute Gasteiger partial charge is 0.496 e. The topological polar surface area (TPSA) is 44.5 Å². The molecule has 1 aromatic carbocycles. The van der Waals surface area contributed by atoms with E-state index in [1.165, 1.54) is 10.4 Å². The van der Waals surface area contributed by atoms with Gasteiger partial charge in [0.15, 0.2) is 0 Å². The van der Waals surface area contributed by atoms with Crippen molar-refractivity contribution in [3.05, 3.63) is 33.5 Å². The van der Waals surface area contributed by atoms with Gasteiger partial charge in [-0.15, -0.1) is 11.3 Å². The molecule has 0 aliphatic heterocycles. The van der Waals surface area contributed by atoms with Crippen molar-refractivity contribution in [1.29, 1.82) is 0 Å². The van der Waals surface area contributed by atoms with E-state index < -0.39 is 0 Å². The molecule has 0 aliphatic rings. The highest BCUT2D eigenvalue weighted by Crippen LogP contribution is 2.42. The van der Waals surface area contributed by atoms with E-state index in [-0.39, 0.29) is 0 Å². The smallest absolute Gasteiger partial charge is 0.133 e. The highest BCUT2D eigenvalue weighted by atomic mass is 32.1. The monoisotopic (exact) mass is 277 g/mol. The van der Waals surface area contributed by atoms with Crippen LogP contribution in [0, 0.1) is 13.8 Å². The molecule has 0 amide bonds. The Morgan fingerprint density at radius 3 is 2.47 bits per heavy atom. The van der Waals surface area contributed by atoms with Crippen molar-refractivity contribution in [1.82, 2.24) is 0 Å². The van der Waals surface area contributed by atoms with Gasteiger partial charge in [0.1, 0.15) is 11.5 Å². The van der Waals surface area contributed by atoms with Crippen molar-refractivity contribution >= 4 is 11.3 Å². The van der Waals surface area contributed by atoms with E-state index in [2.05, 4.69) is 12.3 Å². The molecule has 4 heteroatoms. The van der Waals surface area contributed by atoms with E-state index in [9.17, 15) is 0 Å². The third-order valence-corrected chi connectivity index (χ3v) is 4.28. The molecule has 19 heavy (non-hydrogen) atoms. The summed E-state index contributed by atoms with van der Waals surface area (Å²) in [5.41, 5.74) is 10.3. The quantitative estimate of drug-likeness (QED) is 0.930. The van der Waals surface area contributed by atoms with Crippen LogP contribution < -0.4 is 15.2 Å². The van der Waals surface area contributed by atoms with Gasteiger partial charge in [-0.3, -0.25) is 0 Å². The van der Waals surface area contributed by atoms with Crippen LogP contribution in [0.2, 0.25) is 0 Å². The maximum Gasteiger partial charge on any atom is 0.133 e. The SMILES string of the molecule is COc1ccc(-c2c(CN)csc2C)c(OC)c1C. The van der Waals surface area contributed by atoms with E-state index in [1.54, 1.807) is 25.6 Å². The number of hydrogen-bond donors (Lipinski definition) is 1. The molecular formula is C15H19NO2S. The summed E-state index contributed by atoms with van der Waals surface area (Å²) in [6, 6.07) is 4.02. The normalized spacial score (nSPS) is 10.6. The fourth-order valence-electron chi connectivity index (χ4n) is 2.37. The number of rotatable bonds is 4. The van der Waals surface area contributed by atoms with Crippen molar-refractivity contribution < 1.29 is 9.47 Å². The average molecular weight is 277 g/mol. The second-order valence-corrected chi connectivity index (χ2v) is 5.45. The Hall–Kier alpha value is -1.52. The van der Waals surface area contributed by atoms with Crippen LogP contribution in [-0.2, 0) is 6.54 Å². The Bertz CT molecular complexity index is 590. The van der Waals surface area contributed by atoms with Gasteiger partial charge in [0.05, 0.1) is 14.2 Å². The fourth-order valence-corrected chi connectivity index (χ4v) is 3.26. The molecular weight excluding hydrogens is 258 g/mol. The summed E-state index contributed by atoms with van der Waals surface area (Å²) in [5.74, 6) is 1.69. The summed E-state index contributed by atoms with van der Waals surface area (Å²) >= 11 is 1.72. The summed E-state index contributed by atoms with van der Waals surface area (Å²) in [6.45, 7) is 4.65. The lowest BCUT2D eigenvalue weighted by molar-refractivity contribution is 0.390. The van der Waals surface area contributed by atoms with Gasteiger partial charge in [0, 0.05) is 28.1 Å². The lowest BCUT2D eigenvalue weighted by Crippen LogP contribution is -1.99. The molecule has 0 saturated carbocycles. The predicted molar refractivity (Wildman–Crippen MR) is 80.2 cm³/mol. The molecule has 0 bridgehead atoms. The standard InChI is InChI=1S/C15H19NO2S/c1-9-13(17-3)6-5-12(15(9)18-4)14-10(2)19-8-11(14)7-16/h5-6,8H,7,16H2,1-4H3. The van der Waals surface area contributed by atoms with Gasteiger partial charge in [-0.2, -0.15) is 0 Å². The molecule has 0 unspecified atom stereocenters. The minimum Gasteiger partial charge on any atom is -0.496 e. The van der Waals surface area contributed by atoms with Crippen LogP contribution in [0.4, 0.5) is 0 Å². The lowest BCUT2D eigenvalue weighted by atomic mass is 9.98. The maximum atomic E-state index is 5.83. The molecule has 0 radical (unpaired) electrons. The highest BCUT2D eigenvalue weighted by molar-refractivity contribution is 7.10. The summed E-state index contributed by atoms with van der Waals surface area (Å²) in [5, 5.41) is 2.11. The second-order valence-electron chi connectivity index (χ2n) is 4.37. The first kappa shape index (κ1) is 13.9. The Morgan fingerprint density at radius 1 is 1.16 bits per heavy atom. The van der Waals surface area contributed by atoms with Crippen molar-refractivity contribution in [2.45, 2.75) is 20.4 Å². The molecule has 1 aromatic heterocycles. The Labute approximate surface area is 118 Å². The third-order valence-electron chi connectivity index (χ3n) is 3.32. The first-order valence-corrected chi connectivity index (χ1v) is 7.01. The highest BCUT2D eigenvalue weighted by Gasteiger charge is 2.17. The molecule has 2 rings (SSSR count). The van der Waals surface area contributed by atoms with Crippen LogP contribution in [0.1, 0.15) is 16.0 Å². The zero-order valence-electron chi connectivity index (χ0n) is 11.7. The second kappa shape index (κ2) is 5.63. The molecule has 102 valence electrons. The first-order valence-electron chi connectivity index (χ1n) is 6.13. The van der Waals surface area contributed by atoms with Gasteiger partial charge in [-0.25, -0.2) is 0 Å². The molecule has 0 fully saturated rings. The summed E-state index contributed by atoms with van der Waals surface area (Å²) in [6.07, 6.45) is 0. The van der Waals surface area contributed by atoms with Crippen LogP contribution in [0.25, 0.3) is 11.1 Å². The third kappa shape index (κ3) is 2.33. The van der Waals surface area contributed by atoms with E-state index in [0.717, 1.165) is 28.2 Å². The number of thiophene rings is 1. The molecule has 0 aliphatic carbocycles. The molecule has 0 spiro atoms. The predicted octanol–water partition coefficient (Wildman–Crippen LogP) is 3.51. The van der Waals surface area contributed by atoms with E-state index in [1.807, 2.05) is 19.1 Å². The maximum absolute atomic E-state index is 5.83. The number of aryl methyl sites for hydroxylation is 1.